The Labute approximate surface area is 194 Å². The smallest absolute Gasteiger partial charge is 0.243 e. The number of carbonyl (C=O) groups is 1. The van der Waals surface area contributed by atoms with Crippen molar-refractivity contribution in [2.45, 2.75) is 31.3 Å². The second kappa shape index (κ2) is 11.3. The highest BCUT2D eigenvalue weighted by Crippen LogP contribution is 2.21. The molecule has 32 heavy (non-hydrogen) atoms. The molecule has 3 aromatic rings. The topological polar surface area (TPSA) is 66.9 Å². The van der Waals surface area contributed by atoms with Crippen molar-refractivity contribution in [1.82, 2.24) is 9.21 Å². The van der Waals surface area contributed by atoms with Gasteiger partial charge in [0.2, 0.25) is 15.9 Å². The molecular formula is C24H28N2O4S2. The molecular weight excluding hydrogens is 444 g/mol. The van der Waals surface area contributed by atoms with Gasteiger partial charge in [0.1, 0.15) is 5.75 Å². The average Bonchev–Trinajstić information content (AvgIpc) is 3.32. The van der Waals surface area contributed by atoms with Crippen molar-refractivity contribution in [1.29, 1.82) is 0 Å². The average molecular weight is 473 g/mol. The first-order valence-corrected chi connectivity index (χ1v) is 12.7. The van der Waals surface area contributed by atoms with Gasteiger partial charge in [0.05, 0.1) is 25.1 Å². The van der Waals surface area contributed by atoms with E-state index in [1.54, 1.807) is 28.4 Å². The van der Waals surface area contributed by atoms with Gasteiger partial charge in [0, 0.05) is 18.0 Å². The van der Waals surface area contributed by atoms with Crippen molar-refractivity contribution in [2.24, 2.45) is 0 Å². The Morgan fingerprint density at radius 2 is 1.69 bits per heavy atom. The van der Waals surface area contributed by atoms with E-state index in [9.17, 15) is 13.2 Å². The lowest BCUT2D eigenvalue weighted by Gasteiger charge is -2.27. The summed E-state index contributed by atoms with van der Waals surface area (Å²) in [5, 5.41) is 1.97. The van der Waals surface area contributed by atoms with E-state index in [2.05, 4.69) is 0 Å². The van der Waals surface area contributed by atoms with E-state index >= 15 is 0 Å². The van der Waals surface area contributed by atoms with Crippen molar-refractivity contribution in [3.8, 4) is 5.75 Å². The third-order valence-electron chi connectivity index (χ3n) is 4.98. The molecule has 8 heteroatoms. The maximum atomic E-state index is 13.3. The fraction of sp³-hybridized carbons (Fsp3) is 0.292. The standard InChI is InChI=1S/C24H28N2O4S2/c1-3-15-26(32(28,29)23-13-11-21(30-2)12-14-23)19-24(27)25(18-22-10-7-16-31-22)17-20-8-5-4-6-9-20/h4-14,16H,3,15,17-19H2,1-2H3. The van der Waals surface area contributed by atoms with Crippen LogP contribution in [0.3, 0.4) is 0 Å². The quantitative estimate of drug-likeness (QED) is 0.415. The summed E-state index contributed by atoms with van der Waals surface area (Å²) in [5.41, 5.74) is 0.998. The predicted octanol–water partition coefficient (Wildman–Crippen LogP) is 4.39. The number of ether oxygens (including phenoxy) is 1. The number of hydrogen-bond donors (Lipinski definition) is 0. The van der Waals surface area contributed by atoms with Gasteiger partial charge < -0.3 is 9.64 Å². The lowest BCUT2D eigenvalue weighted by Crippen LogP contribution is -2.42. The Morgan fingerprint density at radius 3 is 2.28 bits per heavy atom. The van der Waals surface area contributed by atoms with Gasteiger partial charge in [-0.05, 0) is 47.7 Å². The largest absolute Gasteiger partial charge is 0.497 e. The maximum Gasteiger partial charge on any atom is 0.243 e. The molecule has 6 nitrogen and oxygen atoms in total. The number of amides is 1. The molecule has 1 aromatic heterocycles. The van der Waals surface area contributed by atoms with Crippen LogP contribution in [0.1, 0.15) is 23.8 Å². The SMILES string of the molecule is CCCN(CC(=O)N(Cc1ccccc1)Cc1cccs1)S(=O)(=O)c1ccc(OC)cc1. The highest BCUT2D eigenvalue weighted by molar-refractivity contribution is 7.89. The minimum Gasteiger partial charge on any atom is -0.497 e. The molecule has 0 aliphatic carbocycles. The molecule has 0 atom stereocenters. The Kier molecular flexibility index (Phi) is 8.44. The second-order valence-corrected chi connectivity index (χ2v) is 10.3. The van der Waals surface area contributed by atoms with Gasteiger partial charge in [-0.1, -0.05) is 43.3 Å². The number of sulfonamides is 1. The molecule has 0 radical (unpaired) electrons. The first-order chi connectivity index (χ1) is 15.4. The monoisotopic (exact) mass is 472 g/mol. The van der Waals surface area contributed by atoms with E-state index in [4.69, 9.17) is 4.74 Å². The number of rotatable bonds is 11. The zero-order valence-electron chi connectivity index (χ0n) is 18.3. The molecule has 0 fully saturated rings. The second-order valence-electron chi connectivity index (χ2n) is 7.33. The molecule has 0 saturated carbocycles. The summed E-state index contributed by atoms with van der Waals surface area (Å²) < 4.78 is 32.9. The zero-order chi connectivity index (χ0) is 23.0. The molecule has 0 unspecified atom stereocenters. The number of thiophene rings is 1. The van der Waals surface area contributed by atoms with Crippen LogP contribution < -0.4 is 4.74 Å². The van der Waals surface area contributed by atoms with Crippen molar-refractivity contribution < 1.29 is 17.9 Å². The molecule has 0 saturated heterocycles. The van der Waals surface area contributed by atoms with E-state index in [0.29, 0.717) is 25.3 Å². The van der Waals surface area contributed by atoms with Gasteiger partial charge in [0.15, 0.2) is 0 Å². The summed E-state index contributed by atoms with van der Waals surface area (Å²) >= 11 is 1.58. The minimum atomic E-state index is -3.82. The van der Waals surface area contributed by atoms with E-state index in [0.717, 1.165) is 10.4 Å². The molecule has 3 rings (SSSR count). The van der Waals surface area contributed by atoms with Crippen molar-refractivity contribution in [3.63, 3.8) is 0 Å². The molecule has 1 heterocycles. The van der Waals surface area contributed by atoms with Gasteiger partial charge in [-0.25, -0.2) is 8.42 Å². The molecule has 0 bridgehead atoms. The van der Waals surface area contributed by atoms with Crippen molar-refractivity contribution in [2.75, 3.05) is 20.2 Å². The van der Waals surface area contributed by atoms with Crippen LogP contribution in [-0.2, 0) is 27.9 Å². The Hall–Kier alpha value is -2.68. The van der Waals surface area contributed by atoms with Crippen LogP contribution in [0.25, 0.3) is 0 Å². The van der Waals surface area contributed by atoms with E-state index < -0.39 is 10.0 Å². The first-order valence-electron chi connectivity index (χ1n) is 10.4. The molecule has 2 aromatic carbocycles. The van der Waals surface area contributed by atoms with E-state index in [1.165, 1.54) is 23.5 Å². The van der Waals surface area contributed by atoms with Crippen LogP contribution >= 0.6 is 11.3 Å². The number of hydrogen-bond acceptors (Lipinski definition) is 5. The third-order valence-corrected chi connectivity index (χ3v) is 7.70. The number of carbonyl (C=O) groups excluding carboxylic acids is 1. The molecule has 0 N–H and O–H groups in total. The summed E-state index contributed by atoms with van der Waals surface area (Å²) in [7, 11) is -2.29. The minimum absolute atomic E-state index is 0.146. The molecule has 1 amide bonds. The van der Waals surface area contributed by atoms with Crippen LogP contribution in [-0.4, -0.2) is 43.7 Å². The fourth-order valence-electron chi connectivity index (χ4n) is 3.31. The third kappa shape index (κ3) is 6.18. The van der Waals surface area contributed by atoms with Gasteiger partial charge in [-0.15, -0.1) is 11.3 Å². The summed E-state index contributed by atoms with van der Waals surface area (Å²) in [6.45, 7) is 2.81. The highest BCUT2D eigenvalue weighted by Gasteiger charge is 2.28. The Morgan fingerprint density at radius 1 is 0.969 bits per heavy atom. The summed E-state index contributed by atoms with van der Waals surface area (Å²) in [6, 6.07) is 19.9. The maximum absolute atomic E-state index is 13.3. The lowest BCUT2D eigenvalue weighted by atomic mass is 10.2. The molecule has 0 aliphatic heterocycles. The van der Waals surface area contributed by atoms with Crippen LogP contribution in [0.15, 0.2) is 77.0 Å². The highest BCUT2D eigenvalue weighted by atomic mass is 32.2. The Balaban J connectivity index is 1.82. The summed E-state index contributed by atoms with van der Waals surface area (Å²) in [4.78, 5) is 16.3. The molecule has 170 valence electrons. The first kappa shape index (κ1) is 24.0. The predicted molar refractivity (Wildman–Crippen MR) is 127 cm³/mol. The number of benzene rings is 2. The lowest BCUT2D eigenvalue weighted by molar-refractivity contribution is -0.132. The van der Waals surface area contributed by atoms with Crippen LogP contribution in [0, 0.1) is 0 Å². The van der Waals surface area contributed by atoms with Crippen LogP contribution in [0.5, 0.6) is 5.75 Å². The van der Waals surface area contributed by atoms with E-state index in [-0.39, 0.29) is 23.9 Å². The number of methoxy groups -OCH3 is 1. The van der Waals surface area contributed by atoms with Crippen molar-refractivity contribution in [3.05, 3.63) is 82.6 Å². The molecule has 0 spiro atoms. The normalized spacial score (nSPS) is 11.5. The summed E-state index contributed by atoms with van der Waals surface area (Å²) in [5.74, 6) is 0.347. The van der Waals surface area contributed by atoms with Gasteiger partial charge in [0.25, 0.3) is 0 Å². The van der Waals surface area contributed by atoms with Crippen molar-refractivity contribution >= 4 is 27.3 Å². The van der Waals surface area contributed by atoms with Crippen LogP contribution in [0.2, 0.25) is 0 Å². The summed E-state index contributed by atoms with van der Waals surface area (Å²) in [6.07, 6.45) is 0.603. The van der Waals surface area contributed by atoms with Gasteiger partial charge >= 0.3 is 0 Å². The Bertz CT molecular complexity index is 1080. The number of nitrogens with zero attached hydrogens (tertiary/aromatic N) is 2. The fourth-order valence-corrected chi connectivity index (χ4v) is 5.51. The van der Waals surface area contributed by atoms with Crippen LogP contribution in [0.4, 0.5) is 0 Å². The van der Waals surface area contributed by atoms with Gasteiger partial charge in [-0.2, -0.15) is 4.31 Å². The molecule has 0 aliphatic rings. The van der Waals surface area contributed by atoms with E-state index in [1.807, 2.05) is 54.8 Å². The van der Waals surface area contributed by atoms with Gasteiger partial charge in [-0.3, -0.25) is 4.79 Å². The zero-order valence-corrected chi connectivity index (χ0v) is 19.9.